The van der Waals surface area contributed by atoms with E-state index in [-0.39, 0.29) is 11.7 Å². The third kappa shape index (κ3) is 2.80. The van der Waals surface area contributed by atoms with E-state index < -0.39 is 9.84 Å². The number of hydrogen-bond donors (Lipinski definition) is 0. The predicted octanol–water partition coefficient (Wildman–Crippen LogP) is 2.92. The summed E-state index contributed by atoms with van der Waals surface area (Å²) >= 11 is 0. The average molecular weight is 306 g/mol. The lowest BCUT2D eigenvalue weighted by Crippen LogP contribution is -1.98. The first-order chi connectivity index (χ1) is 9.93. The molecular formula is C15H14O5S. The molecule has 0 aromatic heterocycles. The smallest absolute Gasteiger partial charge is 0.231 e. The van der Waals surface area contributed by atoms with Crippen LogP contribution in [0.2, 0.25) is 0 Å². The molecule has 2 aromatic rings. The maximum absolute atomic E-state index is 11.5. The first-order valence-corrected chi connectivity index (χ1v) is 8.21. The fourth-order valence-corrected chi connectivity index (χ4v) is 2.74. The molecular weight excluding hydrogens is 292 g/mol. The van der Waals surface area contributed by atoms with Crippen LogP contribution in [-0.4, -0.2) is 21.5 Å². The Morgan fingerprint density at radius 3 is 2.52 bits per heavy atom. The van der Waals surface area contributed by atoms with Crippen LogP contribution >= 0.6 is 0 Å². The fraction of sp³-hybridized carbons (Fsp3) is 0.200. The van der Waals surface area contributed by atoms with Crippen LogP contribution in [0.5, 0.6) is 23.0 Å². The van der Waals surface area contributed by atoms with Gasteiger partial charge in [-0.3, -0.25) is 0 Å². The van der Waals surface area contributed by atoms with Crippen molar-refractivity contribution < 1.29 is 22.6 Å². The molecule has 0 spiro atoms. The molecule has 2 aromatic carbocycles. The normalized spacial score (nSPS) is 13.2. The van der Waals surface area contributed by atoms with E-state index in [9.17, 15) is 8.42 Å². The Morgan fingerprint density at radius 2 is 1.81 bits per heavy atom. The molecule has 21 heavy (non-hydrogen) atoms. The van der Waals surface area contributed by atoms with Crippen molar-refractivity contribution in [1.82, 2.24) is 0 Å². The van der Waals surface area contributed by atoms with Crippen LogP contribution in [0.1, 0.15) is 5.56 Å². The molecule has 110 valence electrons. The van der Waals surface area contributed by atoms with E-state index in [4.69, 9.17) is 14.2 Å². The Hall–Kier alpha value is -2.21. The van der Waals surface area contributed by atoms with Crippen molar-refractivity contribution in [3.05, 3.63) is 42.0 Å². The zero-order chi connectivity index (χ0) is 15.0. The van der Waals surface area contributed by atoms with Gasteiger partial charge < -0.3 is 14.2 Å². The number of benzene rings is 2. The predicted molar refractivity (Wildman–Crippen MR) is 76.9 cm³/mol. The molecule has 0 N–H and O–H groups in total. The summed E-state index contributed by atoms with van der Waals surface area (Å²) in [7, 11) is -3.22. The molecule has 1 heterocycles. The van der Waals surface area contributed by atoms with Crippen molar-refractivity contribution in [2.24, 2.45) is 0 Å². The summed E-state index contributed by atoms with van der Waals surface area (Å²) in [5.41, 5.74) is 0.746. The van der Waals surface area contributed by atoms with Gasteiger partial charge in [0.15, 0.2) is 21.3 Å². The quantitative estimate of drug-likeness (QED) is 0.872. The molecule has 0 unspecified atom stereocenters. The highest BCUT2D eigenvalue weighted by atomic mass is 32.2. The highest BCUT2D eigenvalue weighted by molar-refractivity contribution is 7.90. The van der Waals surface area contributed by atoms with E-state index in [1.165, 1.54) is 12.3 Å². The van der Waals surface area contributed by atoms with Crippen LogP contribution < -0.4 is 14.2 Å². The Balaban J connectivity index is 1.88. The summed E-state index contributed by atoms with van der Waals surface area (Å²) in [6.45, 7) is 2.01. The van der Waals surface area contributed by atoms with E-state index in [1.807, 2.05) is 0 Å². The number of aryl methyl sites for hydroxylation is 1. The van der Waals surface area contributed by atoms with Crippen molar-refractivity contribution >= 4 is 9.84 Å². The minimum atomic E-state index is -3.22. The SMILES string of the molecule is Cc1cc(S(C)(=O)=O)ccc1Oc1ccc2c(c1)OCO2. The summed E-state index contributed by atoms with van der Waals surface area (Å²) in [6.07, 6.45) is 1.18. The summed E-state index contributed by atoms with van der Waals surface area (Å²) in [6, 6.07) is 10.1. The number of sulfone groups is 1. The lowest BCUT2D eigenvalue weighted by atomic mass is 10.2. The Morgan fingerprint density at radius 1 is 1.05 bits per heavy atom. The van der Waals surface area contributed by atoms with Gasteiger partial charge in [-0.1, -0.05) is 0 Å². The van der Waals surface area contributed by atoms with Crippen LogP contribution in [-0.2, 0) is 9.84 Å². The van der Waals surface area contributed by atoms with Gasteiger partial charge in [0, 0.05) is 12.3 Å². The lowest BCUT2D eigenvalue weighted by Gasteiger charge is -2.10. The van der Waals surface area contributed by atoms with Crippen LogP contribution in [0.4, 0.5) is 0 Å². The second-order valence-corrected chi connectivity index (χ2v) is 6.83. The highest BCUT2D eigenvalue weighted by Crippen LogP contribution is 2.37. The van der Waals surface area contributed by atoms with Crippen molar-refractivity contribution in [3.63, 3.8) is 0 Å². The first-order valence-electron chi connectivity index (χ1n) is 6.32. The maximum Gasteiger partial charge on any atom is 0.231 e. The standard InChI is InChI=1S/C15H14O5S/c1-10-7-12(21(2,16)17)4-6-13(10)20-11-3-5-14-15(8-11)19-9-18-14/h3-8H,9H2,1-2H3. The minimum absolute atomic E-state index is 0.209. The molecule has 1 aliphatic rings. The number of fused-ring (bicyclic) bond motifs is 1. The van der Waals surface area contributed by atoms with E-state index in [0.29, 0.717) is 23.0 Å². The summed E-state index contributed by atoms with van der Waals surface area (Å²) in [5.74, 6) is 2.53. The third-order valence-corrected chi connectivity index (χ3v) is 4.26. The summed E-state index contributed by atoms with van der Waals surface area (Å²) in [5, 5.41) is 0. The molecule has 0 radical (unpaired) electrons. The Kier molecular flexibility index (Phi) is 3.25. The topological polar surface area (TPSA) is 61.8 Å². The van der Waals surface area contributed by atoms with Crippen LogP contribution in [0.15, 0.2) is 41.3 Å². The Labute approximate surface area is 123 Å². The van der Waals surface area contributed by atoms with E-state index in [1.54, 1.807) is 37.3 Å². The molecule has 0 fully saturated rings. The van der Waals surface area contributed by atoms with Gasteiger partial charge in [0.25, 0.3) is 0 Å². The van der Waals surface area contributed by atoms with E-state index >= 15 is 0 Å². The van der Waals surface area contributed by atoms with Crippen LogP contribution in [0.25, 0.3) is 0 Å². The fourth-order valence-electron chi connectivity index (χ4n) is 2.03. The second-order valence-electron chi connectivity index (χ2n) is 4.82. The first kappa shape index (κ1) is 13.8. The lowest BCUT2D eigenvalue weighted by molar-refractivity contribution is 0.174. The molecule has 1 aliphatic heterocycles. The highest BCUT2D eigenvalue weighted by Gasteiger charge is 2.15. The number of hydrogen-bond acceptors (Lipinski definition) is 5. The largest absolute Gasteiger partial charge is 0.457 e. The van der Waals surface area contributed by atoms with Crippen molar-refractivity contribution in [3.8, 4) is 23.0 Å². The molecule has 0 amide bonds. The van der Waals surface area contributed by atoms with Crippen LogP contribution in [0, 0.1) is 6.92 Å². The molecule has 0 bridgehead atoms. The maximum atomic E-state index is 11.5. The molecule has 0 saturated carbocycles. The van der Waals surface area contributed by atoms with Gasteiger partial charge in [-0.05, 0) is 42.8 Å². The minimum Gasteiger partial charge on any atom is -0.457 e. The van der Waals surface area contributed by atoms with Crippen molar-refractivity contribution in [2.75, 3.05) is 13.0 Å². The van der Waals surface area contributed by atoms with E-state index in [2.05, 4.69) is 0 Å². The molecule has 5 nitrogen and oxygen atoms in total. The zero-order valence-corrected chi connectivity index (χ0v) is 12.4. The zero-order valence-electron chi connectivity index (χ0n) is 11.6. The summed E-state index contributed by atoms with van der Waals surface area (Å²) < 4.78 is 39.3. The van der Waals surface area contributed by atoms with Gasteiger partial charge in [0.05, 0.1) is 4.90 Å². The molecule has 0 atom stereocenters. The second kappa shape index (κ2) is 4.96. The van der Waals surface area contributed by atoms with Gasteiger partial charge in [-0.15, -0.1) is 0 Å². The van der Waals surface area contributed by atoms with Gasteiger partial charge in [-0.25, -0.2) is 8.42 Å². The Bertz CT molecular complexity index is 796. The van der Waals surface area contributed by atoms with Crippen LogP contribution in [0.3, 0.4) is 0 Å². The van der Waals surface area contributed by atoms with Gasteiger partial charge in [0.1, 0.15) is 11.5 Å². The molecule has 0 saturated heterocycles. The average Bonchev–Trinajstić information content (AvgIpc) is 2.87. The van der Waals surface area contributed by atoms with Gasteiger partial charge in [-0.2, -0.15) is 0 Å². The number of ether oxygens (including phenoxy) is 3. The monoisotopic (exact) mass is 306 g/mol. The third-order valence-electron chi connectivity index (χ3n) is 3.15. The molecule has 0 aliphatic carbocycles. The van der Waals surface area contributed by atoms with Gasteiger partial charge >= 0.3 is 0 Å². The molecule has 6 heteroatoms. The molecule has 3 rings (SSSR count). The number of rotatable bonds is 3. The van der Waals surface area contributed by atoms with Crippen molar-refractivity contribution in [1.29, 1.82) is 0 Å². The van der Waals surface area contributed by atoms with Crippen molar-refractivity contribution in [2.45, 2.75) is 11.8 Å². The van der Waals surface area contributed by atoms with Gasteiger partial charge in [0.2, 0.25) is 6.79 Å². The summed E-state index contributed by atoms with van der Waals surface area (Å²) in [4.78, 5) is 0.276. The van der Waals surface area contributed by atoms with E-state index in [0.717, 1.165) is 5.56 Å².